The molecule has 14 heavy (non-hydrogen) atoms. The summed E-state index contributed by atoms with van der Waals surface area (Å²) in [6.45, 7) is 0. The summed E-state index contributed by atoms with van der Waals surface area (Å²) in [5.74, 6) is 0. The molecule has 1 aromatic rings. The summed E-state index contributed by atoms with van der Waals surface area (Å²) >= 11 is 0. The van der Waals surface area contributed by atoms with E-state index in [1.54, 1.807) is 7.05 Å². The molecule has 0 amide bonds. The Balaban J connectivity index is 2.20. The number of nitrogens with two attached hydrogens (primary N) is 1. The molecule has 0 radical (unpaired) electrons. The summed E-state index contributed by atoms with van der Waals surface area (Å²) in [4.78, 5) is 0. The molecule has 1 aromatic heterocycles. The molecule has 6 nitrogen and oxygen atoms in total. The van der Waals surface area contributed by atoms with Crippen LogP contribution in [0, 0.1) is 0 Å². The molecular weight excluding hydrogens is 204 g/mol. The van der Waals surface area contributed by atoms with Gasteiger partial charge >= 0.3 is 0 Å². The molecule has 2 atom stereocenters. The van der Waals surface area contributed by atoms with Gasteiger partial charge in [-0.15, -0.1) is 0 Å². The third kappa shape index (κ3) is 1.66. The van der Waals surface area contributed by atoms with Gasteiger partial charge in [-0.3, -0.25) is 4.68 Å². The summed E-state index contributed by atoms with van der Waals surface area (Å²) in [5.41, 5.74) is 5.52. The number of aryl methyl sites for hydroxylation is 1. The van der Waals surface area contributed by atoms with Crippen LogP contribution in [0.1, 0.15) is 6.42 Å². The van der Waals surface area contributed by atoms with Gasteiger partial charge in [-0.05, 0) is 12.5 Å². The van der Waals surface area contributed by atoms with E-state index in [-0.39, 0.29) is 17.1 Å². The first-order valence-corrected chi connectivity index (χ1v) is 5.75. The van der Waals surface area contributed by atoms with Crippen LogP contribution in [-0.2, 0) is 17.1 Å². The quantitative estimate of drug-likeness (QED) is 0.664. The van der Waals surface area contributed by atoms with Gasteiger partial charge in [0, 0.05) is 19.1 Å². The topological polar surface area (TPSA) is 90.0 Å². The molecule has 0 saturated heterocycles. The van der Waals surface area contributed by atoms with Crippen molar-refractivity contribution in [2.45, 2.75) is 23.5 Å². The van der Waals surface area contributed by atoms with Crippen LogP contribution >= 0.6 is 0 Å². The van der Waals surface area contributed by atoms with Crippen LogP contribution in [0.4, 0.5) is 0 Å². The monoisotopic (exact) mass is 216 g/mol. The normalized spacial score (nSPS) is 26.4. The second-order valence-corrected chi connectivity index (χ2v) is 5.08. The predicted octanol–water partition coefficient (Wildman–Crippen LogP) is -1.20. The number of hydrogen-bond acceptors (Lipinski definition) is 4. The van der Waals surface area contributed by atoms with Gasteiger partial charge in [0.2, 0.25) is 0 Å². The molecule has 3 N–H and O–H groups in total. The first kappa shape index (κ1) is 9.63. The summed E-state index contributed by atoms with van der Waals surface area (Å²) in [5, 5.41) is 3.96. The van der Waals surface area contributed by atoms with Crippen molar-refractivity contribution in [3.05, 3.63) is 12.3 Å². The maximum atomic E-state index is 11.7. The van der Waals surface area contributed by atoms with Crippen molar-refractivity contribution in [3.63, 3.8) is 0 Å². The summed E-state index contributed by atoms with van der Waals surface area (Å²) in [6, 6.07) is 1.30. The van der Waals surface area contributed by atoms with Gasteiger partial charge in [-0.25, -0.2) is 13.1 Å². The maximum Gasteiger partial charge on any atom is 0.258 e. The number of hydrogen-bond donors (Lipinski definition) is 2. The fourth-order valence-electron chi connectivity index (χ4n) is 1.24. The van der Waals surface area contributed by atoms with Crippen molar-refractivity contribution in [1.82, 2.24) is 14.5 Å². The molecule has 1 fully saturated rings. The van der Waals surface area contributed by atoms with E-state index in [4.69, 9.17) is 5.73 Å². The number of sulfonamides is 1. The van der Waals surface area contributed by atoms with Crippen LogP contribution in [0.15, 0.2) is 17.3 Å². The van der Waals surface area contributed by atoms with E-state index in [1.165, 1.54) is 16.9 Å². The molecular formula is C7H12N4O2S. The lowest BCUT2D eigenvalue weighted by Crippen LogP contribution is -2.31. The minimum atomic E-state index is -3.45. The van der Waals surface area contributed by atoms with Crippen LogP contribution < -0.4 is 10.5 Å². The van der Waals surface area contributed by atoms with Crippen molar-refractivity contribution in [3.8, 4) is 0 Å². The Kier molecular flexibility index (Phi) is 2.09. The Hall–Kier alpha value is -0.920. The van der Waals surface area contributed by atoms with E-state index in [2.05, 4.69) is 9.82 Å². The van der Waals surface area contributed by atoms with E-state index < -0.39 is 10.0 Å². The third-order valence-corrected chi connectivity index (χ3v) is 3.76. The van der Waals surface area contributed by atoms with E-state index in [9.17, 15) is 8.42 Å². The highest BCUT2D eigenvalue weighted by Gasteiger charge is 2.37. The zero-order valence-corrected chi connectivity index (χ0v) is 8.53. The van der Waals surface area contributed by atoms with Gasteiger partial charge in [0.15, 0.2) is 5.03 Å². The fourth-order valence-corrected chi connectivity index (χ4v) is 2.66. The molecule has 0 aromatic carbocycles. The number of nitrogens with zero attached hydrogens (tertiary/aromatic N) is 2. The molecule has 1 aliphatic rings. The standard InChI is InChI=1S/C7H12N4O2S/c1-11-7(2-3-9-11)14(12,13)10-6-4-5(6)8/h2-3,5-6,10H,4,8H2,1H3. The van der Waals surface area contributed by atoms with Crippen molar-refractivity contribution in [2.24, 2.45) is 12.8 Å². The number of aromatic nitrogens is 2. The molecule has 7 heteroatoms. The van der Waals surface area contributed by atoms with Crippen LogP contribution in [0.3, 0.4) is 0 Å². The van der Waals surface area contributed by atoms with Crippen molar-refractivity contribution in [1.29, 1.82) is 0 Å². The number of rotatable bonds is 3. The Morgan fingerprint density at radius 1 is 1.71 bits per heavy atom. The number of nitrogens with one attached hydrogen (secondary N) is 1. The molecule has 78 valence electrons. The van der Waals surface area contributed by atoms with Crippen LogP contribution in [0.5, 0.6) is 0 Å². The van der Waals surface area contributed by atoms with Crippen LogP contribution in [0.2, 0.25) is 0 Å². The summed E-state index contributed by atoms with van der Waals surface area (Å²) < 4.78 is 27.2. The van der Waals surface area contributed by atoms with E-state index in [1.807, 2.05) is 0 Å². The maximum absolute atomic E-state index is 11.7. The lowest BCUT2D eigenvalue weighted by Gasteiger charge is -2.04. The van der Waals surface area contributed by atoms with Crippen LogP contribution in [-0.4, -0.2) is 30.3 Å². The zero-order valence-electron chi connectivity index (χ0n) is 7.71. The van der Waals surface area contributed by atoms with Gasteiger partial charge < -0.3 is 5.73 Å². The predicted molar refractivity (Wildman–Crippen MR) is 49.9 cm³/mol. The fraction of sp³-hybridized carbons (Fsp3) is 0.571. The zero-order chi connectivity index (χ0) is 10.3. The average Bonchev–Trinajstić information content (AvgIpc) is 2.62. The molecule has 1 saturated carbocycles. The molecule has 0 bridgehead atoms. The highest BCUT2D eigenvalue weighted by atomic mass is 32.2. The Morgan fingerprint density at radius 3 is 2.79 bits per heavy atom. The molecule has 1 aliphatic carbocycles. The van der Waals surface area contributed by atoms with Gasteiger partial charge in [-0.2, -0.15) is 5.10 Å². The first-order valence-electron chi connectivity index (χ1n) is 4.26. The highest BCUT2D eigenvalue weighted by Crippen LogP contribution is 2.20. The smallest absolute Gasteiger partial charge is 0.258 e. The van der Waals surface area contributed by atoms with Gasteiger partial charge in [0.25, 0.3) is 10.0 Å². The Labute approximate surface area is 82.1 Å². The SMILES string of the molecule is Cn1nccc1S(=O)(=O)NC1CC1N. The van der Waals surface area contributed by atoms with Crippen LogP contribution in [0.25, 0.3) is 0 Å². The van der Waals surface area contributed by atoms with Gasteiger partial charge in [0.1, 0.15) is 0 Å². The lowest BCUT2D eigenvalue weighted by atomic mass is 10.7. The van der Waals surface area contributed by atoms with E-state index in [0.717, 1.165) is 0 Å². The Morgan fingerprint density at radius 2 is 2.36 bits per heavy atom. The van der Waals surface area contributed by atoms with Gasteiger partial charge in [-0.1, -0.05) is 0 Å². The summed E-state index contributed by atoms with van der Waals surface area (Å²) in [6.07, 6.45) is 2.15. The minimum Gasteiger partial charge on any atom is -0.326 e. The molecule has 1 heterocycles. The Bertz CT molecular complexity index is 438. The molecule has 0 aliphatic heterocycles. The first-order chi connectivity index (χ1) is 6.50. The minimum absolute atomic E-state index is 0.0435. The molecule has 0 spiro atoms. The summed E-state index contributed by atoms with van der Waals surface area (Å²) in [7, 11) is -1.86. The average molecular weight is 216 g/mol. The van der Waals surface area contributed by atoms with Crippen molar-refractivity contribution < 1.29 is 8.42 Å². The highest BCUT2D eigenvalue weighted by molar-refractivity contribution is 7.89. The van der Waals surface area contributed by atoms with Crippen molar-refractivity contribution >= 4 is 10.0 Å². The lowest BCUT2D eigenvalue weighted by molar-refractivity contribution is 0.561. The van der Waals surface area contributed by atoms with E-state index >= 15 is 0 Å². The molecule has 2 unspecified atom stereocenters. The largest absolute Gasteiger partial charge is 0.326 e. The van der Waals surface area contributed by atoms with E-state index in [0.29, 0.717) is 6.42 Å². The van der Waals surface area contributed by atoms with Crippen molar-refractivity contribution in [2.75, 3.05) is 0 Å². The second kappa shape index (κ2) is 3.04. The second-order valence-electron chi connectivity index (χ2n) is 3.42. The molecule has 2 rings (SSSR count). The van der Waals surface area contributed by atoms with Gasteiger partial charge in [0.05, 0.1) is 6.20 Å². The third-order valence-electron chi connectivity index (χ3n) is 2.20.